The summed E-state index contributed by atoms with van der Waals surface area (Å²) in [6, 6.07) is 13.2. The Morgan fingerprint density at radius 2 is 1.72 bits per heavy atom. The van der Waals surface area contributed by atoms with E-state index in [0.717, 1.165) is 36.8 Å². The Bertz CT molecular complexity index is 630. The smallest absolute Gasteiger partial charge is 0.0991 e. The van der Waals surface area contributed by atoms with Gasteiger partial charge in [-0.1, -0.05) is 12.1 Å². The van der Waals surface area contributed by atoms with Crippen molar-refractivity contribution in [3.8, 4) is 6.07 Å². The minimum Gasteiger partial charge on any atom is -0.300 e. The average molecular weight is 338 g/mol. The van der Waals surface area contributed by atoms with Gasteiger partial charge in [0.15, 0.2) is 0 Å². The molecule has 3 aliphatic heterocycles. The van der Waals surface area contributed by atoms with Crippen molar-refractivity contribution in [3.05, 3.63) is 35.4 Å². The van der Waals surface area contributed by atoms with E-state index in [2.05, 4.69) is 40.8 Å². The van der Waals surface area contributed by atoms with Gasteiger partial charge in [0.2, 0.25) is 0 Å². The molecule has 4 heteroatoms. The molecule has 2 bridgehead atoms. The van der Waals surface area contributed by atoms with E-state index >= 15 is 0 Å². The van der Waals surface area contributed by atoms with Crippen LogP contribution in [0.4, 0.5) is 0 Å². The van der Waals surface area contributed by atoms with Crippen LogP contribution >= 0.6 is 0 Å². The summed E-state index contributed by atoms with van der Waals surface area (Å²) in [5.74, 6) is 0. The van der Waals surface area contributed by atoms with Gasteiger partial charge in [0.25, 0.3) is 0 Å². The van der Waals surface area contributed by atoms with Crippen LogP contribution in [-0.4, -0.2) is 66.1 Å². The summed E-state index contributed by atoms with van der Waals surface area (Å²) < 4.78 is 0. The zero-order valence-electron chi connectivity index (χ0n) is 15.6. The molecule has 0 spiro atoms. The van der Waals surface area contributed by atoms with E-state index in [4.69, 9.17) is 5.26 Å². The second-order valence-corrected chi connectivity index (χ2v) is 8.16. The molecule has 0 aliphatic carbocycles. The van der Waals surface area contributed by atoms with E-state index in [-0.39, 0.29) is 0 Å². The third-order valence-corrected chi connectivity index (χ3v) is 6.98. The lowest BCUT2D eigenvalue weighted by atomic mass is 9.95. The maximum atomic E-state index is 9.13. The van der Waals surface area contributed by atoms with Gasteiger partial charge < -0.3 is 4.90 Å². The minimum atomic E-state index is 0.393. The zero-order chi connectivity index (χ0) is 17.4. The summed E-state index contributed by atoms with van der Waals surface area (Å²) in [6.45, 7) is 6.94. The van der Waals surface area contributed by atoms with E-state index in [0.29, 0.717) is 6.04 Å². The fourth-order valence-corrected chi connectivity index (χ4v) is 5.25. The summed E-state index contributed by atoms with van der Waals surface area (Å²) >= 11 is 0. The van der Waals surface area contributed by atoms with Gasteiger partial charge in [-0.25, -0.2) is 0 Å². The van der Waals surface area contributed by atoms with Gasteiger partial charge in [0, 0.05) is 50.3 Å². The SMILES string of the molecule is C[C@H](c1cccc(C#N)c1)N1CCN(C2C[C@H]3CC[C@@H](C2)N3C)CC1. The number of fused-ring (bicyclic) bond motifs is 2. The Labute approximate surface area is 152 Å². The van der Waals surface area contributed by atoms with Crippen LogP contribution in [0, 0.1) is 11.3 Å². The second-order valence-electron chi connectivity index (χ2n) is 8.16. The molecule has 0 radical (unpaired) electrons. The van der Waals surface area contributed by atoms with Gasteiger partial charge >= 0.3 is 0 Å². The van der Waals surface area contributed by atoms with Crippen LogP contribution in [0.5, 0.6) is 0 Å². The maximum absolute atomic E-state index is 9.13. The molecule has 1 unspecified atom stereocenters. The number of hydrogen-bond donors (Lipinski definition) is 0. The molecule has 0 amide bonds. The summed E-state index contributed by atoms with van der Waals surface area (Å²) in [4.78, 5) is 7.97. The number of nitrogens with zero attached hydrogens (tertiary/aromatic N) is 4. The average Bonchev–Trinajstić information content (AvgIpc) is 2.87. The topological polar surface area (TPSA) is 33.5 Å². The van der Waals surface area contributed by atoms with Crippen LogP contribution < -0.4 is 0 Å². The lowest BCUT2D eigenvalue weighted by molar-refractivity contribution is 0.0295. The molecular formula is C21H30N4. The van der Waals surface area contributed by atoms with E-state index in [1.54, 1.807) is 0 Å². The minimum absolute atomic E-state index is 0.393. The highest BCUT2D eigenvalue weighted by atomic mass is 15.3. The quantitative estimate of drug-likeness (QED) is 0.849. The van der Waals surface area contributed by atoms with Crippen LogP contribution in [0.1, 0.15) is 49.8 Å². The Kier molecular flexibility index (Phi) is 4.82. The predicted octanol–water partition coefficient (Wildman–Crippen LogP) is 2.86. The predicted molar refractivity (Wildman–Crippen MR) is 100 cm³/mol. The van der Waals surface area contributed by atoms with Gasteiger partial charge in [0.1, 0.15) is 0 Å². The fraction of sp³-hybridized carbons (Fsp3) is 0.667. The lowest BCUT2D eigenvalue weighted by Gasteiger charge is -2.46. The number of rotatable bonds is 3. The summed E-state index contributed by atoms with van der Waals surface area (Å²) in [5.41, 5.74) is 2.04. The van der Waals surface area contributed by atoms with Crippen molar-refractivity contribution >= 4 is 0 Å². The van der Waals surface area contributed by atoms with Gasteiger partial charge in [0.05, 0.1) is 11.6 Å². The van der Waals surface area contributed by atoms with Gasteiger partial charge in [-0.05, 0) is 57.4 Å². The Morgan fingerprint density at radius 1 is 1.04 bits per heavy atom. The number of piperazine rings is 1. The molecule has 4 rings (SSSR count). The molecule has 0 N–H and O–H groups in total. The maximum Gasteiger partial charge on any atom is 0.0991 e. The highest BCUT2D eigenvalue weighted by Gasteiger charge is 2.40. The van der Waals surface area contributed by atoms with Crippen molar-refractivity contribution in [3.63, 3.8) is 0 Å². The normalized spacial score (nSPS) is 32.4. The molecule has 25 heavy (non-hydrogen) atoms. The number of hydrogen-bond acceptors (Lipinski definition) is 4. The third-order valence-electron chi connectivity index (χ3n) is 6.98. The monoisotopic (exact) mass is 338 g/mol. The highest BCUT2D eigenvalue weighted by Crippen LogP contribution is 2.36. The van der Waals surface area contributed by atoms with E-state index in [1.807, 2.05) is 18.2 Å². The van der Waals surface area contributed by atoms with Gasteiger partial charge in [-0.3, -0.25) is 9.80 Å². The van der Waals surface area contributed by atoms with Crippen LogP contribution in [0.2, 0.25) is 0 Å². The van der Waals surface area contributed by atoms with Crippen molar-refractivity contribution in [2.45, 2.75) is 56.8 Å². The van der Waals surface area contributed by atoms with Crippen LogP contribution in [-0.2, 0) is 0 Å². The first-order valence-electron chi connectivity index (χ1n) is 9.86. The van der Waals surface area contributed by atoms with Crippen molar-refractivity contribution in [2.24, 2.45) is 0 Å². The van der Waals surface area contributed by atoms with Crippen LogP contribution in [0.25, 0.3) is 0 Å². The molecule has 0 saturated carbocycles. The Morgan fingerprint density at radius 3 is 2.36 bits per heavy atom. The number of piperidine rings is 1. The molecule has 3 heterocycles. The molecule has 4 atom stereocenters. The first kappa shape index (κ1) is 17.0. The van der Waals surface area contributed by atoms with Crippen molar-refractivity contribution in [1.82, 2.24) is 14.7 Å². The highest BCUT2D eigenvalue weighted by molar-refractivity contribution is 5.34. The van der Waals surface area contributed by atoms with E-state index in [1.165, 1.54) is 44.3 Å². The summed E-state index contributed by atoms with van der Waals surface area (Å²) in [5, 5.41) is 9.13. The van der Waals surface area contributed by atoms with Crippen molar-refractivity contribution < 1.29 is 0 Å². The molecule has 3 fully saturated rings. The molecule has 1 aromatic carbocycles. The molecule has 3 saturated heterocycles. The van der Waals surface area contributed by atoms with Crippen molar-refractivity contribution in [1.29, 1.82) is 5.26 Å². The number of benzene rings is 1. The molecular weight excluding hydrogens is 308 g/mol. The second kappa shape index (κ2) is 7.07. The Hall–Kier alpha value is -1.41. The standard InChI is InChI=1S/C21H30N4/c1-16(18-5-3-4-17(12-18)15-22)24-8-10-25(11-9-24)21-13-19-6-7-20(14-21)23(19)2/h3-5,12,16,19-21H,6-11,13-14H2,1-2H3/t16-,19-,20+,21?/m1/s1. The number of nitriles is 1. The molecule has 3 aliphatic rings. The summed E-state index contributed by atoms with van der Waals surface area (Å²) in [6.07, 6.45) is 5.55. The van der Waals surface area contributed by atoms with Gasteiger partial charge in [-0.15, -0.1) is 0 Å². The fourth-order valence-electron chi connectivity index (χ4n) is 5.25. The largest absolute Gasteiger partial charge is 0.300 e. The van der Waals surface area contributed by atoms with E-state index < -0.39 is 0 Å². The summed E-state index contributed by atoms with van der Waals surface area (Å²) in [7, 11) is 2.33. The third kappa shape index (κ3) is 3.33. The molecule has 0 aromatic heterocycles. The van der Waals surface area contributed by atoms with Crippen molar-refractivity contribution in [2.75, 3.05) is 33.2 Å². The van der Waals surface area contributed by atoms with Gasteiger partial charge in [-0.2, -0.15) is 5.26 Å². The van der Waals surface area contributed by atoms with Crippen LogP contribution in [0.3, 0.4) is 0 Å². The first-order valence-corrected chi connectivity index (χ1v) is 9.86. The molecule has 4 nitrogen and oxygen atoms in total. The van der Waals surface area contributed by atoms with Crippen LogP contribution in [0.15, 0.2) is 24.3 Å². The molecule has 1 aromatic rings. The first-order chi connectivity index (χ1) is 12.2. The zero-order valence-corrected chi connectivity index (χ0v) is 15.6. The molecule has 134 valence electrons. The lowest BCUT2D eigenvalue weighted by Crippen LogP contribution is -2.55. The Balaban J connectivity index is 1.34. The van der Waals surface area contributed by atoms with E-state index in [9.17, 15) is 0 Å².